The van der Waals surface area contributed by atoms with Crippen LogP contribution in [-0.2, 0) is 15.7 Å². The number of allylic oxidation sites excluding steroid dienone is 1. The molecule has 2 aromatic rings. The van der Waals surface area contributed by atoms with Gasteiger partial charge in [-0.25, -0.2) is 4.79 Å². The molecule has 1 aromatic heterocycles. The SMILES string of the molecule is COC(=O)/C(=C/C1CCCCC1)c1ccc(-n2nnnc2C(F)(F)F)c(Cl)c1. The largest absolute Gasteiger partial charge is 0.465 e. The van der Waals surface area contributed by atoms with Crippen molar-refractivity contribution in [2.75, 3.05) is 7.11 Å². The smallest absolute Gasteiger partial charge is 0.453 e. The monoisotopic (exact) mass is 414 g/mol. The minimum atomic E-state index is -4.73. The summed E-state index contributed by atoms with van der Waals surface area (Å²) in [7, 11) is 1.28. The van der Waals surface area contributed by atoms with Gasteiger partial charge in [-0.15, -0.1) is 5.10 Å². The molecule has 1 aromatic carbocycles. The molecule has 1 aliphatic carbocycles. The second-order valence-corrected chi connectivity index (χ2v) is 6.96. The van der Waals surface area contributed by atoms with Crippen molar-refractivity contribution < 1.29 is 22.7 Å². The van der Waals surface area contributed by atoms with Crippen molar-refractivity contribution in [1.82, 2.24) is 20.2 Å². The maximum atomic E-state index is 13.0. The molecule has 0 radical (unpaired) electrons. The van der Waals surface area contributed by atoms with Crippen LogP contribution in [0.5, 0.6) is 0 Å². The summed E-state index contributed by atoms with van der Waals surface area (Å²) in [5, 5.41) is 9.45. The normalized spacial score (nSPS) is 16.2. The fourth-order valence-electron chi connectivity index (χ4n) is 3.30. The van der Waals surface area contributed by atoms with Gasteiger partial charge in [-0.2, -0.15) is 17.9 Å². The molecule has 150 valence electrons. The number of halogens is 4. The Hall–Kier alpha value is -2.42. The van der Waals surface area contributed by atoms with Crippen LogP contribution in [-0.4, -0.2) is 33.3 Å². The number of tetrazole rings is 1. The van der Waals surface area contributed by atoms with Crippen molar-refractivity contribution >= 4 is 23.1 Å². The summed E-state index contributed by atoms with van der Waals surface area (Å²) in [5.74, 6) is -1.56. The van der Waals surface area contributed by atoms with Crippen molar-refractivity contribution in [1.29, 1.82) is 0 Å². The molecule has 6 nitrogen and oxygen atoms in total. The Kier molecular flexibility index (Phi) is 6.02. The Morgan fingerprint density at radius 1 is 1.29 bits per heavy atom. The highest BCUT2D eigenvalue weighted by atomic mass is 35.5. The van der Waals surface area contributed by atoms with Gasteiger partial charge < -0.3 is 4.74 Å². The van der Waals surface area contributed by atoms with Gasteiger partial charge in [0.25, 0.3) is 5.82 Å². The highest BCUT2D eigenvalue weighted by Gasteiger charge is 2.38. The molecule has 0 unspecified atom stereocenters. The molecule has 1 aliphatic rings. The van der Waals surface area contributed by atoms with Gasteiger partial charge >= 0.3 is 12.1 Å². The number of hydrogen-bond donors (Lipinski definition) is 0. The average molecular weight is 415 g/mol. The number of aromatic nitrogens is 4. The van der Waals surface area contributed by atoms with Gasteiger partial charge in [0.15, 0.2) is 0 Å². The van der Waals surface area contributed by atoms with Gasteiger partial charge in [-0.1, -0.05) is 43.0 Å². The lowest BCUT2D eigenvalue weighted by atomic mass is 9.87. The summed E-state index contributed by atoms with van der Waals surface area (Å²) in [6, 6.07) is 4.28. The van der Waals surface area contributed by atoms with Crippen molar-refractivity contribution in [3.8, 4) is 5.69 Å². The van der Waals surface area contributed by atoms with Crippen molar-refractivity contribution in [2.24, 2.45) is 5.92 Å². The third-order valence-corrected chi connectivity index (χ3v) is 4.97. The number of carbonyl (C=O) groups excluding carboxylic acids is 1. The fraction of sp³-hybridized carbons (Fsp3) is 0.444. The zero-order valence-electron chi connectivity index (χ0n) is 15.0. The standard InChI is InChI=1S/C18H18ClF3N4O2/c1-28-16(27)13(9-11-5-3-2-4-6-11)12-7-8-15(14(19)10-12)26-17(18(20,21)22)23-24-25-26/h7-11H,2-6H2,1H3/b13-9+. The number of ether oxygens (including phenoxy) is 1. The van der Waals surface area contributed by atoms with Crippen LogP contribution in [0.2, 0.25) is 5.02 Å². The minimum absolute atomic E-state index is 0.0197. The lowest BCUT2D eigenvalue weighted by Gasteiger charge is -2.19. The molecule has 0 spiro atoms. The first-order valence-electron chi connectivity index (χ1n) is 8.77. The van der Waals surface area contributed by atoms with Crippen LogP contribution in [0.4, 0.5) is 13.2 Å². The zero-order chi connectivity index (χ0) is 20.3. The number of nitrogens with zero attached hydrogens (tertiary/aromatic N) is 4. The molecule has 0 aliphatic heterocycles. The molecule has 0 amide bonds. The number of rotatable bonds is 4. The van der Waals surface area contributed by atoms with Gasteiger partial charge in [0.2, 0.25) is 0 Å². The zero-order valence-corrected chi connectivity index (χ0v) is 15.8. The minimum Gasteiger partial charge on any atom is -0.465 e. The molecular formula is C18H18ClF3N4O2. The van der Waals surface area contributed by atoms with Crippen LogP contribution in [0.25, 0.3) is 11.3 Å². The number of carbonyl (C=O) groups is 1. The molecule has 0 N–H and O–H groups in total. The van der Waals surface area contributed by atoms with Crippen LogP contribution in [0, 0.1) is 5.92 Å². The summed E-state index contributed by atoms with van der Waals surface area (Å²) >= 11 is 6.21. The predicted molar refractivity (Wildman–Crippen MR) is 95.7 cm³/mol. The van der Waals surface area contributed by atoms with Gasteiger partial charge in [0.05, 0.1) is 23.4 Å². The number of benzene rings is 1. The number of esters is 1. The lowest BCUT2D eigenvalue weighted by Crippen LogP contribution is -2.15. The van der Waals surface area contributed by atoms with E-state index in [1.807, 2.05) is 6.08 Å². The molecule has 1 fully saturated rings. The van der Waals surface area contributed by atoms with E-state index in [9.17, 15) is 18.0 Å². The summed E-state index contributed by atoms with van der Waals surface area (Å²) in [6.45, 7) is 0. The van der Waals surface area contributed by atoms with E-state index in [2.05, 4.69) is 15.5 Å². The maximum Gasteiger partial charge on any atom is 0.453 e. The summed E-state index contributed by atoms with van der Waals surface area (Å²) in [6.07, 6.45) is 2.45. The van der Waals surface area contributed by atoms with Crippen LogP contribution in [0.3, 0.4) is 0 Å². The Labute approximate surface area is 164 Å². The molecular weight excluding hydrogens is 397 g/mol. The average Bonchev–Trinajstić information content (AvgIpc) is 3.16. The Bertz CT molecular complexity index is 889. The van der Waals surface area contributed by atoms with Crippen LogP contribution >= 0.6 is 11.6 Å². The Morgan fingerprint density at radius 2 is 2.00 bits per heavy atom. The van der Waals surface area contributed by atoms with E-state index in [1.54, 1.807) is 0 Å². The van der Waals surface area contributed by atoms with E-state index in [4.69, 9.17) is 16.3 Å². The van der Waals surface area contributed by atoms with Crippen molar-refractivity contribution in [2.45, 2.75) is 38.3 Å². The van der Waals surface area contributed by atoms with Crippen LogP contribution < -0.4 is 0 Å². The lowest BCUT2D eigenvalue weighted by molar-refractivity contribution is -0.146. The van der Waals surface area contributed by atoms with Gasteiger partial charge in [-0.05, 0) is 46.9 Å². The van der Waals surface area contributed by atoms with E-state index < -0.39 is 18.0 Å². The topological polar surface area (TPSA) is 69.9 Å². The van der Waals surface area contributed by atoms with Crippen molar-refractivity contribution in [3.63, 3.8) is 0 Å². The molecule has 0 saturated heterocycles. The first kappa shape index (κ1) is 20.3. The highest BCUT2D eigenvalue weighted by Crippen LogP contribution is 2.33. The number of alkyl halides is 3. The predicted octanol–water partition coefficient (Wildman–Crippen LogP) is 4.47. The third kappa shape index (κ3) is 4.35. The first-order chi connectivity index (χ1) is 13.3. The van der Waals surface area contributed by atoms with Gasteiger partial charge in [0.1, 0.15) is 0 Å². The van der Waals surface area contributed by atoms with E-state index in [1.165, 1.54) is 31.7 Å². The second kappa shape index (κ2) is 8.30. The van der Waals surface area contributed by atoms with Gasteiger partial charge in [-0.3, -0.25) is 0 Å². The van der Waals surface area contributed by atoms with E-state index in [0.717, 1.165) is 25.7 Å². The molecule has 0 atom stereocenters. The molecule has 0 bridgehead atoms. The molecule has 1 saturated carbocycles. The number of methoxy groups -OCH3 is 1. The fourth-order valence-corrected chi connectivity index (χ4v) is 3.56. The van der Waals surface area contributed by atoms with E-state index in [-0.39, 0.29) is 16.6 Å². The highest BCUT2D eigenvalue weighted by molar-refractivity contribution is 6.33. The number of hydrogen-bond acceptors (Lipinski definition) is 5. The van der Waals surface area contributed by atoms with Gasteiger partial charge in [0, 0.05) is 0 Å². The molecule has 28 heavy (non-hydrogen) atoms. The second-order valence-electron chi connectivity index (χ2n) is 6.55. The molecule has 3 rings (SSSR count). The Morgan fingerprint density at radius 3 is 2.61 bits per heavy atom. The van der Waals surface area contributed by atoms with E-state index in [0.29, 0.717) is 15.8 Å². The molecule has 1 heterocycles. The summed E-state index contributed by atoms with van der Waals surface area (Å²) < 4.78 is 44.5. The van der Waals surface area contributed by atoms with Crippen LogP contribution in [0.15, 0.2) is 24.3 Å². The summed E-state index contributed by atoms with van der Waals surface area (Å²) in [5.41, 5.74) is 0.771. The Balaban J connectivity index is 1.99. The quantitative estimate of drug-likeness (QED) is 0.545. The van der Waals surface area contributed by atoms with E-state index >= 15 is 0 Å². The third-order valence-electron chi connectivity index (χ3n) is 4.67. The summed E-state index contributed by atoms with van der Waals surface area (Å²) in [4.78, 5) is 12.3. The molecule has 10 heteroatoms. The van der Waals surface area contributed by atoms with Crippen LogP contribution in [0.1, 0.15) is 43.5 Å². The first-order valence-corrected chi connectivity index (χ1v) is 9.15. The van der Waals surface area contributed by atoms with Crippen molar-refractivity contribution in [3.05, 3.63) is 40.7 Å². The maximum absolute atomic E-state index is 13.0.